The Morgan fingerprint density at radius 2 is 1.89 bits per heavy atom. The molecule has 0 aliphatic heterocycles. The zero-order chi connectivity index (χ0) is 12.8. The van der Waals surface area contributed by atoms with E-state index in [9.17, 15) is 0 Å². The van der Waals surface area contributed by atoms with Gasteiger partial charge in [-0.2, -0.15) is 4.98 Å². The highest BCUT2D eigenvalue weighted by Crippen LogP contribution is 2.14. The molecule has 0 bridgehead atoms. The predicted molar refractivity (Wildman–Crippen MR) is 72.1 cm³/mol. The Morgan fingerprint density at radius 3 is 2.61 bits per heavy atom. The van der Waals surface area contributed by atoms with Crippen molar-refractivity contribution in [2.24, 2.45) is 0 Å². The smallest absolute Gasteiger partial charge is 0.217 e. The number of rotatable bonds is 5. The molecule has 0 aliphatic carbocycles. The van der Waals surface area contributed by atoms with Crippen molar-refractivity contribution in [2.45, 2.75) is 19.3 Å². The molecule has 4 heteroatoms. The minimum atomic E-state index is 0.427. The van der Waals surface area contributed by atoms with Crippen LogP contribution in [-0.2, 0) is 12.8 Å². The first-order chi connectivity index (χ1) is 8.78. The number of methoxy groups -OCH3 is 1. The van der Waals surface area contributed by atoms with E-state index >= 15 is 0 Å². The highest BCUT2D eigenvalue weighted by molar-refractivity contribution is 6.29. The van der Waals surface area contributed by atoms with Gasteiger partial charge in [-0.05, 0) is 18.4 Å². The van der Waals surface area contributed by atoms with Crippen molar-refractivity contribution in [1.82, 2.24) is 9.97 Å². The van der Waals surface area contributed by atoms with Gasteiger partial charge in [0.25, 0.3) is 0 Å². The van der Waals surface area contributed by atoms with Gasteiger partial charge in [-0.3, -0.25) is 0 Å². The fourth-order valence-electron chi connectivity index (χ4n) is 1.75. The Hall–Kier alpha value is -1.61. The fraction of sp³-hybridized carbons (Fsp3) is 0.286. The predicted octanol–water partition coefficient (Wildman–Crippen LogP) is 3.31. The normalized spacial score (nSPS) is 10.3. The zero-order valence-electron chi connectivity index (χ0n) is 10.3. The van der Waals surface area contributed by atoms with E-state index in [2.05, 4.69) is 22.1 Å². The maximum atomic E-state index is 5.89. The second kappa shape index (κ2) is 6.36. The van der Waals surface area contributed by atoms with E-state index in [1.807, 2.05) is 18.2 Å². The molecule has 0 N–H and O–H groups in total. The Morgan fingerprint density at radius 1 is 1.11 bits per heavy atom. The fourth-order valence-corrected chi connectivity index (χ4v) is 1.94. The molecular weight excluding hydrogens is 248 g/mol. The van der Waals surface area contributed by atoms with E-state index in [-0.39, 0.29) is 0 Å². The van der Waals surface area contributed by atoms with Crippen molar-refractivity contribution in [3.8, 4) is 5.88 Å². The Kier molecular flexibility index (Phi) is 4.53. The minimum Gasteiger partial charge on any atom is -0.481 e. The van der Waals surface area contributed by atoms with Gasteiger partial charge in [-0.15, -0.1) is 0 Å². The molecule has 0 unspecified atom stereocenters. The third-order valence-electron chi connectivity index (χ3n) is 2.64. The maximum absolute atomic E-state index is 5.89. The number of hydrogen-bond donors (Lipinski definition) is 0. The number of halogens is 1. The molecule has 3 nitrogen and oxygen atoms in total. The SMILES string of the molecule is COc1cc(Cl)nc(CCCc2ccccc2)n1. The number of aromatic nitrogens is 2. The highest BCUT2D eigenvalue weighted by Gasteiger charge is 2.03. The van der Waals surface area contributed by atoms with Crippen molar-refractivity contribution in [2.75, 3.05) is 7.11 Å². The molecule has 0 spiro atoms. The highest BCUT2D eigenvalue weighted by atomic mass is 35.5. The van der Waals surface area contributed by atoms with Crippen molar-refractivity contribution < 1.29 is 4.74 Å². The molecule has 1 heterocycles. The first kappa shape index (κ1) is 12.8. The zero-order valence-corrected chi connectivity index (χ0v) is 11.0. The third kappa shape index (κ3) is 3.70. The first-order valence-corrected chi connectivity index (χ1v) is 6.27. The summed E-state index contributed by atoms with van der Waals surface area (Å²) in [6, 6.07) is 12.0. The summed E-state index contributed by atoms with van der Waals surface area (Å²) in [5.41, 5.74) is 1.33. The molecule has 0 saturated heterocycles. The lowest BCUT2D eigenvalue weighted by atomic mass is 10.1. The lowest BCUT2D eigenvalue weighted by Gasteiger charge is -2.04. The summed E-state index contributed by atoms with van der Waals surface area (Å²) in [7, 11) is 1.58. The Labute approximate surface area is 112 Å². The van der Waals surface area contributed by atoms with E-state index < -0.39 is 0 Å². The summed E-state index contributed by atoms with van der Waals surface area (Å²) in [6.07, 6.45) is 2.80. The molecule has 0 saturated carbocycles. The summed E-state index contributed by atoms with van der Waals surface area (Å²) in [6.45, 7) is 0. The van der Waals surface area contributed by atoms with Crippen molar-refractivity contribution >= 4 is 11.6 Å². The molecular formula is C14H15ClN2O. The van der Waals surface area contributed by atoms with Gasteiger partial charge in [0.2, 0.25) is 5.88 Å². The van der Waals surface area contributed by atoms with Gasteiger partial charge in [0.15, 0.2) is 0 Å². The van der Waals surface area contributed by atoms with E-state index in [0.717, 1.165) is 25.1 Å². The number of hydrogen-bond acceptors (Lipinski definition) is 3. The second-order valence-electron chi connectivity index (χ2n) is 3.99. The van der Waals surface area contributed by atoms with E-state index in [0.29, 0.717) is 11.0 Å². The van der Waals surface area contributed by atoms with Crippen LogP contribution < -0.4 is 4.74 Å². The van der Waals surface area contributed by atoms with Crippen molar-refractivity contribution in [3.05, 3.63) is 52.9 Å². The minimum absolute atomic E-state index is 0.427. The first-order valence-electron chi connectivity index (χ1n) is 5.89. The Balaban J connectivity index is 1.92. The van der Waals surface area contributed by atoms with Crippen LogP contribution in [0.1, 0.15) is 17.8 Å². The monoisotopic (exact) mass is 262 g/mol. The molecule has 2 rings (SSSR count). The van der Waals surface area contributed by atoms with Crippen LogP contribution in [0.5, 0.6) is 5.88 Å². The number of benzene rings is 1. The average molecular weight is 263 g/mol. The molecule has 1 aromatic heterocycles. The van der Waals surface area contributed by atoms with Crippen LogP contribution >= 0.6 is 11.6 Å². The van der Waals surface area contributed by atoms with Gasteiger partial charge in [-0.25, -0.2) is 4.98 Å². The molecule has 0 atom stereocenters. The van der Waals surface area contributed by atoms with Crippen LogP contribution in [0.25, 0.3) is 0 Å². The van der Waals surface area contributed by atoms with Gasteiger partial charge in [-0.1, -0.05) is 41.9 Å². The molecule has 0 radical (unpaired) electrons. The van der Waals surface area contributed by atoms with Gasteiger partial charge < -0.3 is 4.74 Å². The summed E-state index contributed by atoms with van der Waals surface area (Å²) >= 11 is 5.89. The lowest BCUT2D eigenvalue weighted by Crippen LogP contribution is -1.99. The molecule has 0 amide bonds. The average Bonchev–Trinajstić information content (AvgIpc) is 2.39. The second-order valence-corrected chi connectivity index (χ2v) is 4.38. The Bertz CT molecular complexity index is 502. The molecule has 1 aromatic carbocycles. The quantitative estimate of drug-likeness (QED) is 0.776. The summed E-state index contributed by atoms with van der Waals surface area (Å²) in [4.78, 5) is 8.45. The molecule has 94 valence electrons. The van der Waals surface area contributed by atoms with Gasteiger partial charge in [0.05, 0.1) is 7.11 Å². The van der Waals surface area contributed by atoms with Crippen LogP contribution in [-0.4, -0.2) is 17.1 Å². The summed E-state index contributed by atoms with van der Waals surface area (Å²) in [5, 5.41) is 0.427. The van der Waals surface area contributed by atoms with Crippen LogP contribution in [0.3, 0.4) is 0 Å². The summed E-state index contributed by atoms with van der Waals surface area (Å²) < 4.78 is 5.06. The van der Waals surface area contributed by atoms with Crippen LogP contribution in [0.15, 0.2) is 36.4 Å². The summed E-state index contributed by atoms with van der Waals surface area (Å²) in [5.74, 6) is 1.25. The largest absolute Gasteiger partial charge is 0.481 e. The molecule has 2 aromatic rings. The van der Waals surface area contributed by atoms with Gasteiger partial charge in [0.1, 0.15) is 11.0 Å². The van der Waals surface area contributed by atoms with E-state index in [1.165, 1.54) is 5.56 Å². The number of nitrogens with zero attached hydrogens (tertiary/aromatic N) is 2. The number of ether oxygens (including phenoxy) is 1. The maximum Gasteiger partial charge on any atom is 0.217 e. The van der Waals surface area contributed by atoms with Crippen molar-refractivity contribution in [1.29, 1.82) is 0 Å². The molecule has 18 heavy (non-hydrogen) atoms. The van der Waals surface area contributed by atoms with Crippen LogP contribution in [0.2, 0.25) is 5.15 Å². The molecule has 0 fully saturated rings. The van der Waals surface area contributed by atoms with Crippen LogP contribution in [0, 0.1) is 0 Å². The third-order valence-corrected chi connectivity index (χ3v) is 2.83. The lowest BCUT2D eigenvalue weighted by molar-refractivity contribution is 0.394. The topological polar surface area (TPSA) is 35.0 Å². The number of aryl methyl sites for hydroxylation is 2. The van der Waals surface area contributed by atoms with Gasteiger partial charge >= 0.3 is 0 Å². The molecule has 0 aliphatic rings. The van der Waals surface area contributed by atoms with Crippen LogP contribution in [0.4, 0.5) is 0 Å². The van der Waals surface area contributed by atoms with E-state index in [4.69, 9.17) is 16.3 Å². The van der Waals surface area contributed by atoms with Gasteiger partial charge in [0, 0.05) is 12.5 Å². The van der Waals surface area contributed by atoms with Crippen molar-refractivity contribution in [3.63, 3.8) is 0 Å². The van der Waals surface area contributed by atoms with E-state index in [1.54, 1.807) is 13.2 Å². The standard InChI is InChI=1S/C14H15ClN2O/c1-18-14-10-12(15)16-13(17-14)9-5-8-11-6-3-2-4-7-11/h2-4,6-7,10H,5,8-9H2,1H3.